The zero-order chi connectivity index (χ0) is 23.9. The van der Waals surface area contributed by atoms with E-state index >= 15 is 0 Å². The Labute approximate surface area is 211 Å². The van der Waals surface area contributed by atoms with E-state index in [0.717, 1.165) is 12.0 Å². The van der Waals surface area contributed by atoms with Crippen LogP contribution in [-0.2, 0) is 14.4 Å². The van der Waals surface area contributed by atoms with E-state index in [1.54, 1.807) is 29.8 Å². The standard InChI is InChI=1S/C23H29BrClN3O4S/c1-12-7-6-8-14(25)17(12)27-21(31)19-23-11-13(24)18(33-23)15(20(30)26-2)16(23)22(32)28(19)9-4-3-5-10-29/h6-8,13,15-16,18-19,29H,3-5,9-11H2,1-2H3,(H,26,30)(H,27,31)/t13?,15-,16-,18-,19?,23?/m0/s1. The van der Waals surface area contributed by atoms with Gasteiger partial charge in [0, 0.05) is 30.3 Å². The molecule has 1 spiro atoms. The maximum atomic E-state index is 13.8. The fraction of sp³-hybridized carbons (Fsp3) is 0.609. The minimum absolute atomic E-state index is 0.0422. The number of unbranched alkanes of at least 4 members (excludes halogenated alkanes) is 2. The molecule has 3 fully saturated rings. The van der Waals surface area contributed by atoms with Crippen molar-refractivity contribution in [3.05, 3.63) is 28.8 Å². The van der Waals surface area contributed by atoms with Crippen molar-refractivity contribution < 1.29 is 19.5 Å². The third-order valence-electron chi connectivity index (χ3n) is 7.11. The molecule has 3 aliphatic heterocycles. The molecule has 0 aliphatic carbocycles. The summed E-state index contributed by atoms with van der Waals surface area (Å²) in [6, 6.07) is 4.72. The lowest BCUT2D eigenvalue weighted by atomic mass is 9.70. The maximum Gasteiger partial charge on any atom is 0.248 e. The summed E-state index contributed by atoms with van der Waals surface area (Å²) in [5.74, 6) is -1.57. The summed E-state index contributed by atoms with van der Waals surface area (Å²) in [6.07, 6.45) is 2.72. The van der Waals surface area contributed by atoms with E-state index in [1.807, 2.05) is 19.1 Å². The Morgan fingerprint density at radius 3 is 2.73 bits per heavy atom. The van der Waals surface area contributed by atoms with Crippen molar-refractivity contribution in [3.8, 4) is 0 Å². The monoisotopic (exact) mass is 557 g/mol. The lowest BCUT2D eigenvalue weighted by Gasteiger charge is -2.35. The first-order chi connectivity index (χ1) is 15.8. The molecule has 10 heteroatoms. The highest BCUT2D eigenvalue weighted by molar-refractivity contribution is 9.09. The van der Waals surface area contributed by atoms with Gasteiger partial charge in [-0.3, -0.25) is 14.4 Å². The number of nitrogens with zero attached hydrogens (tertiary/aromatic N) is 1. The Bertz CT molecular complexity index is 945. The van der Waals surface area contributed by atoms with E-state index in [9.17, 15) is 14.4 Å². The smallest absolute Gasteiger partial charge is 0.248 e. The molecule has 3 saturated heterocycles. The fourth-order valence-corrected chi connectivity index (χ4v) is 9.57. The number of benzene rings is 1. The first kappa shape index (κ1) is 24.8. The van der Waals surface area contributed by atoms with Crippen LogP contribution in [0.1, 0.15) is 31.2 Å². The Morgan fingerprint density at radius 1 is 1.30 bits per heavy atom. The second kappa shape index (κ2) is 9.76. The van der Waals surface area contributed by atoms with Crippen LogP contribution in [0.3, 0.4) is 0 Å². The Balaban J connectivity index is 1.70. The minimum atomic E-state index is -0.704. The van der Waals surface area contributed by atoms with Gasteiger partial charge in [0.05, 0.1) is 27.3 Å². The lowest BCUT2D eigenvalue weighted by molar-refractivity contribution is -0.139. The van der Waals surface area contributed by atoms with Gasteiger partial charge in [-0.05, 0) is 44.2 Å². The predicted molar refractivity (Wildman–Crippen MR) is 134 cm³/mol. The number of alkyl halides is 1. The van der Waals surface area contributed by atoms with Crippen molar-refractivity contribution >= 4 is 62.7 Å². The van der Waals surface area contributed by atoms with Crippen LogP contribution in [0, 0.1) is 18.8 Å². The summed E-state index contributed by atoms with van der Waals surface area (Å²) >= 11 is 11.7. The molecule has 2 bridgehead atoms. The van der Waals surface area contributed by atoms with Gasteiger partial charge in [0.2, 0.25) is 17.7 Å². The van der Waals surface area contributed by atoms with Crippen molar-refractivity contribution in [2.45, 2.75) is 53.5 Å². The molecule has 4 rings (SSSR count). The number of nitrogens with one attached hydrogen (secondary N) is 2. The van der Waals surface area contributed by atoms with E-state index in [2.05, 4.69) is 26.6 Å². The summed E-state index contributed by atoms with van der Waals surface area (Å²) < 4.78 is -0.677. The van der Waals surface area contributed by atoms with Crippen LogP contribution in [0.25, 0.3) is 0 Å². The van der Waals surface area contributed by atoms with Crippen LogP contribution in [0.15, 0.2) is 18.2 Å². The number of aliphatic hydroxyl groups excluding tert-OH is 1. The van der Waals surface area contributed by atoms with E-state index < -0.39 is 22.6 Å². The fourth-order valence-electron chi connectivity index (χ4n) is 5.69. The molecule has 0 saturated carbocycles. The molecule has 0 radical (unpaired) electrons. The van der Waals surface area contributed by atoms with Crippen molar-refractivity contribution in [1.29, 1.82) is 0 Å². The van der Waals surface area contributed by atoms with Crippen LogP contribution >= 0.6 is 39.3 Å². The van der Waals surface area contributed by atoms with Crippen LogP contribution < -0.4 is 10.6 Å². The number of likely N-dealkylation sites (tertiary alicyclic amines) is 1. The van der Waals surface area contributed by atoms with Gasteiger partial charge < -0.3 is 20.6 Å². The number of aryl methyl sites for hydroxylation is 1. The normalized spacial score (nSPS) is 32.2. The second-order valence-corrected chi connectivity index (χ2v) is 12.1. The number of anilines is 1. The van der Waals surface area contributed by atoms with Gasteiger partial charge in [-0.1, -0.05) is 39.7 Å². The SMILES string of the molecule is CNC(=O)[C@H]1[C@H]2C(=O)N(CCCCCO)C(C(=O)Nc3c(C)cccc3Cl)C23CC(Br)[C@@H]1S3. The molecular formula is C23H29BrClN3O4S. The average molecular weight is 559 g/mol. The molecule has 6 atom stereocenters. The number of fused-ring (bicyclic) bond motifs is 1. The summed E-state index contributed by atoms with van der Waals surface area (Å²) in [6.45, 7) is 2.38. The van der Waals surface area contributed by atoms with Gasteiger partial charge in [-0.25, -0.2) is 0 Å². The second-order valence-electron chi connectivity index (χ2n) is 9.01. The van der Waals surface area contributed by atoms with E-state index in [-0.39, 0.29) is 34.4 Å². The molecule has 3 N–H and O–H groups in total. The van der Waals surface area contributed by atoms with Gasteiger partial charge >= 0.3 is 0 Å². The topological polar surface area (TPSA) is 98.7 Å². The zero-order valence-electron chi connectivity index (χ0n) is 18.6. The number of rotatable bonds is 8. The molecule has 0 aromatic heterocycles. The molecule has 3 unspecified atom stereocenters. The first-order valence-electron chi connectivity index (χ1n) is 11.3. The molecule has 3 amide bonds. The van der Waals surface area contributed by atoms with Crippen LogP contribution in [0.5, 0.6) is 0 Å². The van der Waals surface area contributed by atoms with Crippen LogP contribution in [0.4, 0.5) is 5.69 Å². The number of halogens is 2. The summed E-state index contributed by atoms with van der Waals surface area (Å²) in [5.41, 5.74) is 1.39. The summed E-state index contributed by atoms with van der Waals surface area (Å²) in [5, 5.41) is 15.2. The van der Waals surface area contributed by atoms with Gasteiger partial charge in [-0.2, -0.15) is 0 Å². The molecule has 3 heterocycles. The average Bonchev–Trinajstić information content (AvgIpc) is 3.37. The summed E-state index contributed by atoms with van der Waals surface area (Å²) in [7, 11) is 1.59. The molecular weight excluding hydrogens is 530 g/mol. The minimum Gasteiger partial charge on any atom is -0.396 e. The molecule has 7 nitrogen and oxygen atoms in total. The first-order valence-corrected chi connectivity index (χ1v) is 13.4. The number of thioether (sulfide) groups is 1. The third-order valence-corrected chi connectivity index (χ3v) is 10.6. The number of aliphatic hydroxyl groups is 1. The van der Waals surface area contributed by atoms with E-state index in [4.69, 9.17) is 16.7 Å². The van der Waals surface area contributed by atoms with Crippen LogP contribution in [0.2, 0.25) is 5.02 Å². The molecule has 1 aromatic rings. The summed E-state index contributed by atoms with van der Waals surface area (Å²) in [4.78, 5) is 42.1. The molecule has 33 heavy (non-hydrogen) atoms. The van der Waals surface area contributed by atoms with Gasteiger partial charge in [0.1, 0.15) is 6.04 Å². The van der Waals surface area contributed by atoms with Crippen molar-refractivity contribution in [1.82, 2.24) is 10.2 Å². The Kier molecular flexibility index (Phi) is 7.34. The quantitative estimate of drug-likeness (QED) is 0.337. The highest BCUT2D eigenvalue weighted by Crippen LogP contribution is 2.67. The van der Waals surface area contributed by atoms with Gasteiger partial charge in [-0.15, -0.1) is 11.8 Å². The van der Waals surface area contributed by atoms with E-state index in [1.165, 1.54) is 0 Å². The van der Waals surface area contributed by atoms with Crippen molar-refractivity contribution in [2.24, 2.45) is 11.8 Å². The predicted octanol–water partition coefficient (Wildman–Crippen LogP) is 2.96. The number of carbonyl (C=O) groups is 3. The number of amides is 3. The highest BCUT2D eigenvalue weighted by Gasteiger charge is 2.75. The Hall–Kier alpha value is -1.29. The number of carbonyl (C=O) groups excluding carboxylic acids is 3. The van der Waals surface area contributed by atoms with E-state index in [0.29, 0.717) is 36.5 Å². The zero-order valence-corrected chi connectivity index (χ0v) is 21.8. The maximum absolute atomic E-state index is 13.8. The molecule has 3 aliphatic rings. The Morgan fingerprint density at radius 2 is 2.06 bits per heavy atom. The van der Waals surface area contributed by atoms with Crippen LogP contribution in [-0.4, -0.2) is 68.8 Å². The van der Waals surface area contributed by atoms with Gasteiger partial charge in [0.15, 0.2) is 0 Å². The lowest BCUT2D eigenvalue weighted by Crippen LogP contribution is -2.53. The van der Waals surface area contributed by atoms with Gasteiger partial charge in [0.25, 0.3) is 0 Å². The van der Waals surface area contributed by atoms with Crippen molar-refractivity contribution in [2.75, 3.05) is 25.5 Å². The third kappa shape index (κ3) is 4.09. The van der Waals surface area contributed by atoms with Crippen molar-refractivity contribution in [3.63, 3.8) is 0 Å². The number of hydrogen-bond donors (Lipinski definition) is 3. The number of hydrogen-bond acceptors (Lipinski definition) is 5. The largest absolute Gasteiger partial charge is 0.396 e. The highest BCUT2D eigenvalue weighted by atomic mass is 79.9. The molecule has 180 valence electrons. The number of para-hydroxylation sites is 1. The molecule has 1 aromatic carbocycles.